The molecule has 1 fully saturated rings. The number of nitrogens with one attached hydrogen (secondary N) is 1. The largest absolute Gasteiger partial charge is 0.374 e. The van der Waals surface area contributed by atoms with Crippen LogP contribution in [-0.4, -0.2) is 26.2 Å². The van der Waals surface area contributed by atoms with Crippen molar-refractivity contribution in [1.29, 1.82) is 0 Å². The van der Waals surface area contributed by atoms with E-state index in [4.69, 9.17) is 0 Å². The molecule has 106 valence electrons. The van der Waals surface area contributed by atoms with E-state index in [1.54, 1.807) is 0 Å². The van der Waals surface area contributed by atoms with Crippen molar-refractivity contribution in [3.63, 3.8) is 0 Å². The third kappa shape index (κ3) is 3.97. The highest BCUT2D eigenvalue weighted by atomic mass is 15.1. The van der Waals surface area contributed by atoms with Gasteiger partial charge in [0.15, 0.2) is 0 Å². The highest BCUT2D eigenvalue weighted by Crippen LogP contribution is 2.28. The summed E-state index contributed by atoms with van der Waals surface area (Å²) in [6.45, 7) is 6.74. The average Bonchev–Trinajstić information content (AvgIpc) is 2.83. The van der Waals surface area contributed by atoms with E-state index in [0.717, 1.165) is 18.5 Å². The number of hydrogen-bond donors (Lipinski definition) is 1. The van der Waals surface area contributed by atoms with Crippen molar-refractivity contribution < 1.29 is 0 Å². The molecule has 2 unspecified atom stereocenters. The lowest BCUT2D eigenvalue weighted by Gasteiger charge is -2.28. The van der Waals surface area contributed by atoms with Gasteiger partial charge < -0.3 is 10.2 Å². The van der Waals surface area contributed by atoms with Gasteiger partial charge in [-0.25, -0.2) is 0 Å². The van der Waals surface area contributed by atoms with Gasteiger partial charge in [0.25, 0.3) is 0 Å². The van der Waals surface area contributed by atoms with E-state index in [2.05, 4.69) is 55.4 Å². The van der Waals surface area contributed by atoms with Crippen molar-refractivity contribution in [3.05, 3.63) is 29.8 Å². The quantitative estimate of drug-likeness (QED) is 0.840. The zero-order chi connectivity index (χ0) is 13.7. The van der Waals surface area contributed by atoms with Gasteiger partial charge in [0, 0.05) is 25.3 Å². The Morgan fingerprint density at radius 3 is 2.89 bits per heavy atom. The zero-order valence-electron chi connectivity index (χ0n) is 12.7. The second kappa shape index (κ2) is 6.95. The summed E-state index contributed by atoms with van der Waals surface area (Å²) in [5.41, 5.74) is 2.69. The topological polar surface area (TPSA) is 15.3 Å². The van der Waals surface area contributed by atoms with Crippen LogP contribution in [0.2, 0.25) is 0 Å². The second-order valence-corrected chi connectivity index (χ2v) is 5.97. The molecule has 0 heterocycles. The summed E-state index contributed by atoms with van der Waals surface area (Å²) in [5.74, 6) is 0.803. The monoisotopic (exact) mass is 260 g/mol. The van der Waals surface area contributed by atoms with Crippen LogP contribution in [0, 0.1) is 12.8 Å². The number of aryl methyl sites for hydroxylation is 1. The normalized spacial score (nSPS) is 22.7. The molecule has 1 saturated carbocycles. The van der Waals surface area contributed by atoms with Gasteiger partial charge in [-0.2, -0.15) is 0 Å². The Balaban J connectivity index is 1.92. The molecule has 0 aliphatic heterocycles. The molecular formula is C17H28N2. The van der Waals surface area contributed by atoms with Crippen molar-refractivity contribution in [2.45, 2.75) is 45.6 Å². The molecule has 0 amide bonds. The first kappa shape index (κ1) is 14.4. The first-order valence-corrected chi connectivity index (χ1v) is 7.72. The van der Waals surface area contributed by atoms with E-state index < -0.39 is 0 Å². The van der Waals surface area contributed by atoms with Gasteiger partial charge in [0.05, 0.1) is 0 Å². The number of hydrogen-bond acceptors (Lipinski definition) is 2. The molecule has 1 aliphatic rings. The Kier molecular flexibility index (Phi) is 5.26. The third-order valence-corrected chi connectivity index (χ3v) is 4.27. The van der Waals surface area contributed by atoms with Crippen molar-refractivity contribution in [1.82, 2.24) is 5.32 Å². The lowest BCUT2D eigenvalue weighted by Crippen LogP contribution is -2.38. The molecule has 19 heavy (non-hydrogen) atoms. The van der Waals surface area contributed by atoms with E-state index in [1.807, 2.05) is 0 Å². The summed E-state index contributed by atoms with van der Waals surface area (Å²) in [4.78, 5) is 2.42. The Hall–Kier alpha value is -1.02. The van der Waals surface area contributed by atoms with Gasteiger partial charge in [-0.15, -0.1) is 0 Å². The molecule has 0 radical (unpaired) electrons. The molecular weight excluding hydrogens is 232 g/mol. The van der Waals surface area contributed by atoms with Crippen LogP contribution in [0.15, 0.2) is 24.3 Å². The Labute approximate surface area is 118 Å². The van der Waals surface area contributed by atoms with Gasteiger partial charge in [-0.3, -0.25) is 0 Å². The van der Waals surface area contributed by atoms with Gasteiger partial charge >= 0.3 is 0 Å². The molecule has 1 N–H and O–H groups in total. The maximum Gasteiger partial charge on any atom is 0.0366 e. The van der Waals surface area contributed by atoms with E-state index >= 15 is 0 Å². The lowest BCUT2D eigenvalue weighted by molar-refractivity contribution is 0.403. The van der Waals surface area contributed by atoms with Crippen LogP contribution >= 0.6 is 0 Å². The van der Waals surface area contributed by atoms with Gasteiger partial charge in [0.2, 0.25) is 0 Å². The van der Waals surface area contributed by atoms with Crippen molar-refractivity contribution >= 4 is 5.69 Å². The minimum absolute atomic E-state index is 0.729. The number of rotatable bonds is 6. The first-order chi connectivity index (χ1) is 9.20. The number of benzene rings is 1. The molecule has 1 aromatic carbocycles. The molecule has 2 atom stereocenters. The molecule has 0 saturated heterocycles. The fraction of sp³-hybridized carbons (Fsp3) is 0.647. The van der Waals surface area contributed by atoms with Crippen LogP contribution in [0.4, 0.5) is 5.69 Å². The van der Waals surface area contributed by atoms with Crippen molar-refractivity contribution in [2.75, 3.05) is 25.0 Å². The lowest BCUT2D eigenvalue weighted by atomic mass is 10.0. The van der Waals surface area contributed by atoms with E-state index in [1.165, 1.54) is 43.5 Å². The SMILES string of the molecule is CCCNC1CCCC1CN(C)c1cccc(C)c1. The maximum absolute atomic E-state index is 3.72. The third-order valence-electron chi connectivity index (χ3n) is 4.27. The van der Waals surface area contributed by atoms with Crippen LogP contribution in [-0.2, 0) is 0 Å². The fourth-order valence-electron chi connectivity index (χ4n) is 3.18. The highest BCUT2D eigenvalue weighted by Gasteiger charge is 2.27. The fourth-order valence-corrected chi connectivity index (χ4v) is 3.18. The highest BCUT2D eigenvalue weighted by molar-refractivity contribution is 5.47. The zero-order valence-corrected chi connectivity index (χ0v) is 12.7. The van der Waals surface area contributed by atoms with E-state index in [9.17, 15) is 0 Å². The summed E-state index contributed by atoms with van der Waals surface area (Å²) >= 11 is 0. The molecule has 0 bridgehead atoms. The molecule has 2 heteroatoms. The maximum atomic E-state index is 3.72. The second-order valence-electron chi connectivity index (χ2n) is 5.97. The number of nitrogens with zero attached hydrogens (tertiary/aromatic N) is 1. The van der Waals surface area contributed by atoms with E-state index in [-0.39, 0.29) is 0 Å². The minimum atomic E-state index is 0.729. The van der Waals surface area contributed by atoms with Gasteiger partial charge in [-0.1, -0.05) is 25.5 Å². The predicted molar refractivity (Wildman–Crippen MR) is 83.9 cm³/mol. The molecule has 2 nitrogen and oxygen atoms in total. The molecule has 0 spiro atoms. The Morgan fingerprint density at radius 2 is 2.16 bits per heavy atom. The average molecular weight is 260 g/mol. The van der Waals surface area contributed by atoms with Crippen LogP contribution in [0.1, 0.15) is 38.2 Å². The summed E-state index contributed by atoms with van der Waals surface area (Å²) in [5, 5.41) is 3.72. The van der Waals surface area contributed by atoms with Crippen molar-refractivity contribution in [2.24, 2.45) is 5.92 Å². The number of anilines is 1. The van der Waals surface area contributed by atoms with Gasteiger partial charge in [-0.05, 0) is 56.3 Å². The predicted octanol–water partition coefficient (Wildman–Crippen LogP) is 3.60. The summed E-state index contributed by atoms with van der Waals surface area (Å²) in [7, 11) is 2.23. The molecule has 1 aromatic rings. The smallest absolute Gasteiger partial charge is 0.0366 e. The van der Waals surface area contributed by atoms with Crippen LogP contribution in [0.5, 0.6) is 0 Å². The standard InChI is InChI=1S/C17H28N2/c1-4-11-18-17-10-6-8-15(17)13-19(3)16-9-5-7-14(2)12-16/h5,7,9,12,15,17-18H,4,6,8,10-11,13H2,1-3H3. The Morgan fingerprint density at radius 1 is 1.32 bits per heavy atom. The first-order valence-electron chi connectivity index (χ1n) is 7.72. The van der Waals surface area contributed by atoms with Crippen LogP contribution in [0.25, 0.3) is 0 Å². The summed E-state index contributed by atoms with van der Waals surface area (Å²) < 4.78 is 0. The van der Waals surface area contributed by atoms with Gasteiger partial charge in [0.1, 0.15) is 0 Å². The minimum Gasteiger partial charge on any atom is -0.374 e. The summed E-state index contributed by atoms with van der Waals surface area (Å²) in [6.07, 6.45) is 5.34. The molecule has 2 rings (SSSR count). The molecule has 0 aromatic heterocycles. The van der Waals surface area contributed by atoms with E-state index in [0.29, 0.717) is 0 Å². The Bertz CT molecular complexity index is 389. The molecule has 1 aliphatic carbocycles. The van der Waals surface area contributed by atoms with Crippen molar-refractivity contribution in [3.8, 4) is 0 Å². The van der Waals surface area contributed by atoms with Crippen LogP contribution in [0.3, 0.4) is 0 Å². The summed E-state index contributed by atoms with van der Waals surface area (Å²) in [6, 6.07) is 9.55. The van der Waals surface area contributed by atoms with Crippen LogP contribution < -0.4 is 10.2 Å².